The van der Waals surface area contributed by atoms with E-state index in [4.69, 9.17) is 4.74 Å². The second kappa shape index (κ2) is 6.82. The maximum absolute atomic E-state index is 12.0. The molecule has 0 saturated carbocycles. The van der Waals surface area contributed by atoms with Crippen molar-refractivity contribution in [3.05, 3.63) is 23.8 Å². The Balaban J connectivity index is 1.86. The van der Waals surface area contributed by atoms with Gasteiger partial charge in [0.05, 0.1) is 0 Å². The molecule has 1 amide bonds. The van der Waals surface area contributed by atoms with Gasteiger partial charge in [0, 0.05) is 23.2 Å². The Bertz CT molecular complexity index is 531. The molecule has 5 heteroatoms. The molecule has 0 atom stereocenters. The SMILES string of the molecule is Cc1cc(O)ccc1SC1CCN(C(=O)OC(C)(C)C)CC1. The van der Waals surface area contributed by atoms with Crippen molar-refractivity contribution in [2.24, 2.45) is 0 Å². The Morgan fingerprint density at radius 1 is 1.32 bits per heavy atom. The minimum Gasteiger partial charge on any atom is -0.508 e. The molecule has 1 aliphatic heterocycles. The summed E-state index contributed by atoms with van der Waals surface area (Å²) in [6.07, 6.45) is 1.71. The average Bonchev–Trinajstić information content (AvgIpc) is 2.41. The van der Waals surface area contributed by atoms with E-state index in [0.29, 0.717) is 11.0 Å². The molecule has 0 aromatic heterocycles. The smallest absolute Gasteiger partial charge is 0.410 e. The molecular formula is C17H25NO3S. The number of benzene rings is 1. The number of thioether (sulfide) groups is 1. The van der Waals surface area contributed by atoms with Crippen molar-refractivity contribution in [1.29, 1.82) is 0 Å². The van der Waals surface area contributed by atoms with E-state index in [0.717, 1.165) is 31.5 Å². The van der Waals surface area contributed by atoms with Crippen LogP contribution in [0, 0.1) is 6.92 Å². The van der Waals surface area contributed by atoms with Crippen LogP contribution in [-0.2, 0) is 4.74 Å². The molecule has 1 saturated heterocycles. The van der Waals surface area contributed by atoms with E-state index in [9.17, 15) is 9.90 Å². The molecular weight excluding hydrogens is 298 g/mol. The molecule has 0 unspecified atom stereocenters. The summed E-state index contributed by atoms with van der Waals surface area (Å²) in [7, 11) is 0. The summed E-state index contributed by atoms with van der Waals surface area (Å²) in [4.78, 5) is 15.0. The van der Waals surface area contributed by atoms with Crippen molar-refractivity contribution in [2.45, 2.75) is 56.3 Å². The summed E-state index contributed by atoms with van der Waals surface area (Å²) < 4.78 is 5.42. The number of carbonyl (C=O) groups is 1. The fourth-order valence-electron chi connectivity index (χ4n) is 2.43. The second-order valence-electron chi connectivity index (χ2n) is 6.73. The summed E-state index contributed by atoms with van der Waals surface area (Å²) in [5, 5.41) is 9.97. The molecule has 1 N–H and O–H groups in total. The molecule has 1 fully saturated rings. The van der Waals surface area contributed by atoms with Gasteiger partial charge in [0.2, 0.25) is 0 Å². The van der Waals surface area contributed by atoms with Crippen molar-refractivity contribution < 1.29 is 14.6 Å². The van der Waals surface area contributed by atoms with E-state index >= 15 is 0 Å². The molecule has 22 heavy (non-hydrogen) atoms. The van der Waals surface area contributed by atoms with Crippen LogP contribution in [0.1, 0.15) is 39.2 Å². The highest BCUT2D eigenvalue weighted by atomic mass is 32.2. The van der Waals surface area contributed by atoms with Gasteiger partial charge < -0.3 is 14.7 Å². The van der Waals surface area contributed by atoms with Crippen LogP contribution in [0.3, 0.4) is 0 Å². The molecule has 1 aromatic rings. The maximum atomic E-state index is 12.0. The van der Waals surface area contributed by atoms with Crippen LogP contribution in [0.25, 0.3) is 0 Å². The standard InChI is InChI=1S/C17H25NO3S/c1-12-11-13(19)5-6-15(12)22-14-7-9-18(10-8-14)16(20)21-17(2,3)4/h5-6,11,14,19H,7-10H2,1-4H3. The third-order valence-electron chi connectivity index (χ3n) is 3.55. The average molecular weight is 323 g/mol. The molecule has 0 bridgehead atoms. The Morgan fingerprint density at radius 3 is 2.50 bits per heavy atom. The first-order chi connectivity index (χ1) is 10.2. The Labute approximate surface area is 136 Å². The van der Waals surface area contributed by atoms with Gasteiger partial charge in [-0.1, -0.05) is 0 Å². The molecule has 1 aromatic carbocycles. The summed E-state index contributed by atoms with van der Waals surface area (Å²) >= 11 is 1.84. The largest absolute Gasteiger partial charge is 0.508 e. The van der Waals surface area contributed by atoms with E-state index in [1.165, 1.54) is 4.90 Å². The van der Waals surface area contributed by atoms with Gasteiger partial charge in [0.25, 0.3) is 0 Å². The molecule has 2 rings (SSSR count). The van der Waals surface area contributed by atoms with Gasteiger partial charge in [-0.2, -0.15) is 0 Å². The van der Waals surface area contributed by atoms with Crippen LogP contribution < -0.4 is 0 Å². The summed E-state index contributed by atoms with van der Waals surface area (Å²) in [6, 6.07) is 5.49. The fourth-order valence-corrected chi connectivity index (χ4v) is 3.63. The normalized spacial score (nSPS) is 16.6. The number of phenols is 1. The summed E-state index contributed by atoms with van der Waals surface area (Å²) in [5.74, 6) is 0.307. The maximum Gasteiger partial charge on any atom is 0.410 e. The number of piperidine rings is 1. The third-order valence-corrected chi connectivity index (χ3v) is 5.06. The number of likely N-dealkylation sites (tertiary alicyclic amines) is 1. The van der Waals surface area contributed by atoms with Gasteiger partial charge in [0.15, 0.2) is 0 Å². The van der Waals surface area contributed by atoms with Crippen LogP contribution in [0.4, 0.5) is 4.79 Å². The van der Waals surface area contributed by atoms with Gasteiger partial charge in [-0.3, -0.25) is 0 Å². The Morgan fingerprint density at radius 2 is 1.95 bits per heavy atom. The zero-order valence-corrected chi connectivity index (χ0v) is 14.6. The van der Waals surface area contributed by atoms with E-state index in [1.807, 2.05) is 45.5 Å². The first-order valence-corrected chi connectivity index (χ1v) is 8.57. The molecule has 4 nitrogen and oxygen atoms in total. The highest BCUT2D eigenvalue weighted by molar-refractivity contribution is 8.00. The van der Waals surface area contributed by atoms with E-state index in [2.05, 4.69) is 0 Å². The molecule has 0 aliphatic carbocycles. The second-order valence-corrected chi connectivity index (χ2v) is 8.08. The first-order valence-electron chi connectivity index (χ1n) is 7.69. The highest BCUT2D eigenvalue weighted by Crippen LogP contribution is 2.33. The minimum absolute atomic E-state index is 0.211. The zero-order valence-electron chi connectivity index (χ0n) is 13.8. The number of hydrogen-bond acceptors (Lipinski definition) is 4. The van der Waals surface area contributed by atoms with Crippen LogP contribution in [0.2, 0.25) is 0 Å². The lowest BCUT2D eigenvalue weighted by atomic mass is 10.1. The van der Waals surface area contributed by atoms with Crippen LogP contribution in [-0.4, -0.2) is 40.0 Å². The quantitative estimate of drug-likeness (QED) is 0.886. The number of amides is 1. The first kappa shape index (κ1) is 17.0. The fraction of sp³-hybridized carbons (Fsp3) is 0.588. The lowest BCUT2D eigenvalue weighted by molar-refractivity contribution is 0.0219. The number of ether oxygens (including phenoxy) is 1. The summed E-state index contributed by atoms with van der Waals surface area (Å²) in [5.41, 5.74) is 0.658. The van der Waals surface area contributed by atoms with Crippen molar-refractivity contribution in [1.82, 2.24) is 4.90 Å². The monoisotopic (exact) mass is 323 g/mol. The van der Waals surface area contributed by atoms with Gasteiger partial charge in [-0.05, 0) is 64.3 Å². The molecule has 122 valence electrons. The van der Waals surface area contributed by atoms with Gasteiger partial charge in [0.1, 0.15) is 11.4 Å². The van der Waals surface area contributed by atoms with Crippen molar-refractivity contribution >= 4 is 17.9 Å². The molecule has 0 radical (unpaired) electrons. The van der Waals surface area contributed by atoms with Gasteiger partial charge in [-0.25, -0.2) is 4.79 Å². The number of nitrogens with zero attached hydrogens (tertiary/aromatic N) is 1. The molecule has 1 aliphatic rings. The number of hydrogen-bond donors (Lipinski definition) is 1. The van der Waals surface area contributed by atoms with E-state index < -0.39 is 5.60 Å². The Kier molecular flexibility index (Phi) is 5.27. The van der Waals surface area contributed by atoms with Gasteiger partial charge in [-0.15, -0.1) is 11.8 Å². The predicted octanol–water partition coefficient (Wildman–Crippen LogP) is 4.19. The number of carbonyl (C=O) groups excluding carboxylic acids is 1. The van der Waals surface area contributed by atoms with E-state index in [1.54, 1.807) is 17.0 Å². The van der Waals surface area contributed by atoms with Gasteiger partial charge >= 0.3 is 6.09 Å². The lowest BCUT2D eigenvalue weighted by Crippen LogP contribution is -2.42. The van der Waals surface area contributed by atoms with E-state index in [-0.39, 0.29) is 6.09 Å². The van der Waals surface area contributed by atoms with Crippen LogP contribution in [0.15, 0.2) is 23.1 Å². The molecule has 0 spiro atoms. The predicted molar refractivity (Wildman–Crippen MR) is 89.5 cm³/mol. The highest BCUT2D eigenvalue weighted by Gasteiger charge is 2.27. The third kappa shape index (κ3) is 4.83. The number of rotatable bonds is 2. The lowest BCUT2D eigenvalue weighted by Gasteiger charge is -2.33. The van der Waals surface area contributed by atoms with Crippen LogP contribution >= 0.6 is 11.8 Å². The number of aryl methyl sites for hydroxylation is 1. The summed E-state index contributed by atoms with van der Waals surface area (Å²) in [6.45, 7) is 9.16. The van der Waals surface area contributed by atoms with Crippen molar-refractivity contribution in [2.75, 3.05) is 13.1 Å². The van der Waals surface area contributed by atoms with Crippen molar-refractivity contribution in [3.63, 3.8) is 0 Å². The zero-order chi connectivity index (χ0) is 16.3. The number of aromatic hydroxyl groups is 1. The van der Waals surface area contributed by atoms with Crippen molar-refractivity contribution in [3.8, 4) is 5.75 Å². The number of phenolic OH excluding ortho intramolecular Hbond substituents is 1. The topological polar surface area (TPSA) is 49.8 Å². The Hall–Kier alpha value is -1.36. The molecule has 1 heterocycles. The van der Waals surface area contributed by atoms with Crippen LogP contribution in [0.5, 0.6) is 5.75 Å². The minimum atomic E-state index is -0.439.